The largest absolute Gasteiger partial charge is 0.389 e. The molecule has 1 aromatic rings. The van der Waals surface area contributed by atoms with Gasteiger partial charge in [0, 0.05) is 37.5 Å². The van der Waals surface area contributed by atoms with E-state index in [1.54, 1.807) is 0 Å². The van der Waals surface area contributed by atoms with E-state index < -0.39 is 22.7 Å². The number of benzene rings is 1. The number of hydrogen-bond donors (Lipinski definition) is 3. The van der Waals surface area contributed by atoms with E-state index in [1.165, 1.54) is 0 Å². The SMILES string of the molecule is CC(C)(CN=C(N)Nc1cc(F)ccc1F)C1(O)CCOCC1. The van der Waals surface area contributed by atoms with Gasteiger partial charge in [-0.15, -0.1) is 0 Å². The predicted octanol–water partition coefficient (Wildman–Crippen LogP) is 2.26. The molecule has 0 saturated carbocycles. The summed E-state index contributed by atoms with van der Waals surface area (Å²) in [4.78, 5) is 4.18. The van der Waals surface area contributed by atoms with Crippen LogP contribution in [0.15, 0.2) is 23.2 Å². The van der Waals surface area contributed by atoms with Crippen LogP contribution >= 0.6 is 0 Å². The van der Waals surface area contributed by atoms with Crippen LogP contribution in [0.1, 0.15) is 26.7 Å². The number of hydrogen-bond acceptors (Lipinski definition) is 3. The van der Waals surface area contributed by atoms with Crippen molar-refractivity contribution < 1.29 is 18.6 Å². The van der Waals surface area contributed by atoms with Gasteiger partial charge in [-0.1, -0.05) is 13.8 Å². The molecular weight excluding hydrogens is 304 g/mol. The number of nitrogens with zero attached hydrogens (tertiary/aromatic N) is 1. The molecule has 2 rings (SSSR count). The van der Waals surface area contributed by atoms with Gasteiger partial charge in [-0.25, -0.2) is 8.78 Å². The first-order valence-corrected chi connectivity index (χ1v) is 7.56. The lowest BCUT2D eigenvalue weighted by molar-refractivity contribution is -0.128. The average Bonchev–Trinajstić information content (AvgIpc) is 2.50. The number of halogens is 2. The van der Waals surface area contributed by atoms with Gasteiger partial charge in [0.15, 0.2) is 5.96 Å². The van der Waals surface area contributed by atoms with Crippen LogP contribution in [-0.2, 0) is 4.74 Å². The Balaban J connectivity index is 2.04. The molecule has 1 fully saturated rings. The van der Waals surface area contributed by atoms with Crippen LogP contribution < -0.4 is 11.1 Å². The van der Waals surface area contributed by atoms with Crippen LogP contribution in [0.3, 0.4) is 0 Å². The van der Waals surface area contributed by atoms with Gasteiger partial charge in [0.05, 0.1) is 17.8 Å². The van der Waals surface area contributed by atoms with E-state index in [9.17, 15) is 13.9 Å². The molecule has 0 bridgehead atoms. The summed E-state index contributed by atoms with van der Waals surface area (Å²) < 4.78 is 32.0. The quantitative estimate of drug-likeness (QED) is 0.585. The second kappa shape index (κ2) is 6.80. The number of aliphatic imine (C=N–C) groups is 1. The predicted molar refractivity (Wildman–Crippen MR) is 85.3 cm³/mol. The van der Waals surface area contributed by atoms with Gasteiger partial charge in [-0.2, -0.15) is 0 Å². The van der Waals surface area contributed by atoms with Crippen molar-refractivity contribution in [2.45, 2.75) is 32.3 Å². The second-order valence-electron chi connectivity index (χ2n) is 6.48. The van der Waals surface area contributed by atoms with Crippen molar-refractivity contribution in [2.75, 3.05) is 25.1 Å². The van der Waals surface area contributed by atoms with Crippen LogP contribution in [0, 0.1) is 17.0 Å². The number of nitrogens with one attached hydrogen (secondary N) is 1. The number of rotatable bonds is 4. The van der Waals surface area contributed by atoms with E-state index in [2.05, 4.69) is 10.3 Å². The van der Waals surface area contributed by atoms with Crippen LogP contribution in [-0.4, -0.2) is 36.4 Å². The fourth-order valence-corrected chi connectivity index (χ4v) is 2.59. The Morgan fingerprint density at radius 2 is 2.04 bits per heavy atom. The molecule has 0 amide bonds. The van der Waals surface area contributed by atoms with E-state index in [0.717, 1.165) is 18.2 Å². The highest BCUT2D eigenvalue weighted by atomic mass is 19.1. The number of guanidine groups is 1. The molecule has 0 unspecified atom stereocenters. The minimum absolute atomic E-state index is 0.0294. The Bertz CT molecular complexity index is 585. The molecule has 1 aromatic carbocycles. The molecule has 128 valence electrons. The Labute approximate surface area is 134 Å². The lowest BCUT2D eigenvalue weighted by Gasteiger charge is -2.44. The molecule has 1 aliphatic rings. The van der Waals surface area contributed by atoms with Crippen molar-refractivity contribution >= 4 is 11.6 Å². The summed E-state index contributed by atoms with van der Waals surface area (Å²) in [6.07, 6.45) is 1.06. The lowest BCUT2D eigenvalue weighted by Crippen LogP contribution is -2.50. The normalized spacial score (nSPS) is 18.7. The third kappa shape index (κ3) is 4.17. The zero-order valence-electron chi connectivity index (χ0n) is 13.4. The molecule has 5 nitrogen and oxygen atoms in total. The molecule has 1 heterocycles. The van der Waals surface area contributed by atoms with E-state index in [4.69, 9.17) is 10.5 Å². The Morgan fingerprint density at radius 1 is 1.39 bits per heavy atom. The molecule has 0 aliphatic carbocycles. The van der Waals surface area contributed by atoms with E-state index in [1.807, 2.05) is 13.8 Å². The third-order valence-electron chi connectivity index (χ3n) is 4.42. The summed E-state index contributed by atoms with van der Waals surface area (Å²) in [5, 5.41) is 13.3. The highest BCUT2D eigenvalue weighted by molar-refractivity contribution is 5.92. The van der Waals surface area contributed by atoms with Crippen molar-refractivity contribution in [2.24, 2.45) is 16.1 Å². The van der Waals surface area contributed by atoms with Crippen molar-refractivity contribution in [3.63, 3.8) is 0 Å². The van der Waals surface area contributed by atoms with E-state index >= 15 is 0 Å². The maximum Gasteiger partial charge on any atom is 0.193 e. The first-order chi connectivity index (χ1) is 10.7. The molecular formula is C16H23F2N3O2. The summed E-state index contributed by atoms with van der Waals surface area (Å²) in [5.74, 6) is -1.22. The summed E-state index contributed by atoms with van der Waals surface area (Å²) in [6.45, 7) is 5.06. The van der Waals surface area contributed by atoms with Crippen molar-refractivity contribution in [1.82, 2.24) is 0 Å². The monoisotopic (exact) mass is 327 g/mol. The van der Waals surface area contributed by atoms with Gasteiger partial charge in [0.1, 0.15) is 11.6 Å². The molecule has 4 N–H and O–H groups in total. The van der Waals surface area contributed by atoms with E-state index in [-0.39, 0.29) is 18.2 Å². The Kier molecular flexibility index (Phi) is 5.21. The molecule has 0 spiro atoms. The van der Waals surface area contributed by atoms with Gasteiger partial charge in [-0.05, 0) is 12.1 Å². The number of ether oxygens (including phenoxy) is 1. The number of anilines is 1. The lowest BCUT2D eigenvalue weighted by atomic mass is 9.70. The van der Waals surface area contributed by atoms with Gasteiger partial charge in [0.25, 0.3) is 0 Å². The second-order valence-corrected chi connectivity index (χ2v) is 6.48. The van der Waals surface area contributed by atoms with Crippen molar-refractivity contribution in [1.29, 1.82) is 0 Å². The number of aliphatic hydroxyl groups is 1. The summed E-state index contributed by atoms with van der Waals surface area (Å²) in [7, 11) is 0. The molecule has 1 saturated heterocycles. The van der Waals surface area contributed by atoms with Crippen molar-refractivity contribution in [3.05, 3.63) is 29.8 Å². The topological polar surface area (TPSA) is 79.9 Å². The molecule has 0 atom stereocenters. The van der Waals surface area contributed by atoms with Gasteiger partial charge in [-0.3, -0.25) is 4.99 Å². The average molecular weight is 327 g/mol. The standard InChI is InChI=1S/C16H23F2N3O2/c1-15(2,16(22)5-7-23-8-6-16)10-20-14(19)21-13-9-11(17)3-4-12(13)18/h3-4,9,22H,5-8,10H2,1-2H3,(H3,19,20,21). The van der Waals surface area contributed by atoms with Gasteiger partial charge in [0.2, 0.25) is 0 Å². The molecule has 0 aromatic heterocycles. The Hall–Kier alpha value is -1.73. The minimum atomic E-state index is -0.890. The third-order valence-corrected chi connectivity index (χ3v) is 4.42. The fourth-order valence-electron chi connectivity index (χ4n) is 2.59. The van der Waals surface area contributed by atoms with Gasteiger partial charge < -0.3 is 20.9 Å². The van der Waals surface area contributed by atoms with Crippen LogP contribution in [0.2, 0.25) is 0 Å². The summed E-state index contributed by atoms with van der Waals surface area (Å²) in [5.41, 5.74) is 4.26. The first-order valence-electron chi connectivity index (χ1n) is 7.56. The molecule has 1 aliphatic heterocycles. The van der Waals surface area contributed by atoms with E-state index in [0.29, 0.717) is 26.1 Å². The minimum Gasteiger partial charge on any atom is -0.389 e. The van der Waals surface area contributed by atoms with Crippen molar-refractivity contribution in [3.8, 4) is 0 Å². The smallest absolute Gasteiger partial charge is 0.193 e. The molecule has 7 heteroatoms. The maximum absolute atomic E-state index is 13.6. The highest BCUT2D eigenvalue weighted by Crippen LogP contribution is 2.38. The van der Waals surface area contributed by atoms with Crippen LogP contribution in [0.5, 0.6) is 0 Å². The molecule has 0 radical (unpaired) electrons. The van der Waals surface area contributed by atoms with Gasteiger partial charge >= 0.3 is 0 Å². The maximum atomic E-state index is 13.6. The van der Waals surface area contributed by atoms with Crippen LogP contribution in [0.4, 0.5) is 14.5 Å². The first kappa shape index (κ1) is 17.6. The zero-order valence-corrected chi connectivity index (χ0v) is 13.4. The van der Waals surface area contributed by atoms with Crippen LogP contribution in [0.25, 0.3) is 0 Å². The highest BCUT2D eigenvalue weighted by Gasteiger charge is 2.44. The Morgan fingerprint density at radius 3 is 2.70 bits per heavy atom. The fraction of sp³-hybridized carbons (Fsp3) is 0.562. The zero-order chi connectivity index (χ0) is 17.1. The summed E-state index contributed by atoms with van der Waals surface area (Å²) in [6, 6.07) is 3.05. The number of nitrogens with two attached hydrogens (primary N) is 1. The molecule has 23 heavy (non-hydrogen) atoms. The summed E-state index contributed by atoms with van der Waals surface area (Å²) >= 11 is 0.